The molecule has 0 aliphatic rings. The number of furan rings is 1. The molecule has 0 fully saturated rings. The second-order valence-electron chi connectivity index (χ2n) is 6.87. The SMILES string of the molecule is CCOC(=O)c1oc2ccccc2c1CSc1nnc(-c2cccs2)n1-c1ccccc1. The van der Waals surface area contributed by atoms with Crippen molar-refractivity contribution in [3.05, 3.63) is 83.4 Å². The largest absolute Gasteiger partial charge is 0.460 e. The van der Waals surface area contributed by atoms with Gasteiger partial charge in [0.15, 0.2) is 11.0 Å². The first-order valence-electron chi connectivity index (χ1n) is 10.1. The Morgan fingerprint density at radius 3 is 2.66 bits per heavy atom. The molecular weight excluding hydrogens is 442 g/mol. The fourth-order valence-corrected chi connectivity index (χ4v) is 5.16. The monoisotopic (exact) mass is 461 g/mol. The molecule has 0 saturated carbocycles. The molecule has 0 atom stereocenters. The van der Waals surface area contributed by atoms with Gasteiger partial charge in [0.25, 0.3) is 0 Å². The van der Waals surface area contributed by atoms with E-state index in [-0.39, 0.29) is 12.4 Å². The number of benzene rings is 2. The number of para-hydroxylation sites is 2. The van der Waals surface area contributed by atoms with Gasteiger partial charge in [-0.25, -0.2) is 4.79 Å². The first-order chi connectivity index (χ1) is 15.8. The highest BCUT2D eigenvalue weighted by molar-refractivity contribution is 7.98. The predicted octanol–water partition coefficient (Wildman–Crippen LogP) is 6.21. The first-order valence-corrected chi connectivity index (χ1v) is 12.0. The molecule has 0 radical (unpaired) electrons. The number of rotatable bonds is 7. The van der Waals surface area contributed by atoms with Gasteiger partial charge < -0.3 is 9.15 Å². The summed E-state index contributed by atoms with van der Waals surface area (Å²) in [7, 11) is 0. The molecule has 160 valence electrons. The maximum absolute atomic E-state index is 12.5. The lowest BCUT2D eigenvalue weighted by atomic mass is 10.1. The fraction of sp³-hybridized carbons (Fsp3) is 0.125. The maximum atomic E-state index is 12.5. The average molecular weight is 462 g/mol. The van der Waals surface area contributed by atoms with Crippen molar-refractivity contribution in [1.29, 1.82) is 0 Å². The third-order valence-electron chi connectivity index (χ3n) is 4.89. The molecule has 0 amide bonds. The van der Waals surface area contributed by atoms with Crippen LogP contribution >= 0.6 is 23.1 Å². The van der Waals surface area contributed by atoms with Crippen molar-refractivity contribution in [2.45, 2.75) is 17.8 Å². The van der Waals surface area contributed by atoms with Crippen LogP contribution in [-0.2, 0) is 10.5 Å². The Hall–Kier alpha value is -3.36. The van der Waals surface area contributed by atoms with Crippen LogP contribution in [0.15, 0.2) is 81.7 Å². The number of ether oxygens (including phenoxy) is 1. The molecule has 5 aromatic rings. The van der Waals surface area contributed by atoms with Gasteiger partial charge in [0.2, 0.25) is 5.76 Å². The number of carbonyl (C=O) groups is 1. The maximum Gasteiger partial charge on any atom is 0.374 e. The number of thioether (sulfide) groups is 1. The van der Waals surface area contributed by atoms with Gasteiger partial charge in [-0.2, -0.15) is 0 Å². The molecule has 0 aliphatic heterocycles. The van der Waals surface area contributed by atoms with E-state index in [0.717, 1.165) is 32.5 Å². The molecule has 0 unspecified atom stereocenters. The molecule has 0 N–H and O–H groups in total. The molecule has 0 saturated heterocycles. The van der Waals surface area contributed by atoms with Gasteiger partial charge in [-0.3, -0.25) is 4.57 Å². The van der Waals surface area contributed by atoms with Crippen molar-refractivity contribution in [3.63, 3.8) is 0 Å². The number of nitrogens with zero attached hydrogens (tertiary/aromatic N) is 3. The van der Waals surface area contributed by atoms with Gasteiger partial charge in [0.05, 0.1) is 11.5 Å². The quantitative estimate of drug-likeness (QED) is 0.212. The van der Waals surface area contributed by atoms with Gasteiger partial charge >= 0.3 is 5.97 Å². The summed E-state index contributed by atoms with van der Waals surface area (Å²) < 4.78 is 13.1. The molecule has 0 spiro atoms. The second kappa shape index (κ2) is 9.02. The molecule has 5 rings (SSSR count). The van der Waals surface area contributed by atoms with Crippen molar-refractivity contribution >= 4 is 40.0 Å². The smallest absolute Gasteiger partial charge is 0.374 e. The second-order valence-corrected chi connectivity index (χ2v) is 8.76. The van der Waals surface area contributed by atoms with Crippen LogP contribution in [0.2, 0.25) is 0 Å². The number of hydrogen-bond donors (Lipinski definition) is 0. The van der Waals surface area contributed by atoms with Crippen molar-refractivity contribution in [2.24, 2.45) is 0 Å². The standard InChI is InChI=1S/C24H19N3O3S2/c1-2-29-23(28)21-18(17-11-6-7-12-19(17)30-21)15-32-24-26-25-22(20-13-8-14-31-20)27(24)16-9-4-3-5-10-16/h3-14H,2,15H2,1H3. The summed E-state index contributed by atoms with van der Waals surface area (Å²) in [6.45, 7) is 2.07. The van der Waals surface area contributed by atoms with Gasteiger partial charge in [0.1, 0.15) is 5.58 Å². The van der Waals surface area contributed by atoms with Crippen LogP contribution in [0, 0.1) is 0 Å². The lowest BCUT2D eigenvalue weighted by molar-refractivity contribution is 0.0491. The van der Waals surface area contributed by atoms with Crippen molar-refractivity contribution in [3.8, 4) is 16.4 Å². The van der Waals surface area contributed by atoms with E-state index in [1.807, 2.05) is 76.7 Å². The summed E-state index contributed by atoms with van der Waals surface area (Å²) in [5, 5.41) is 12.6. The fourth-order valence-electron chi connectivity index (χ4n) is 3.48. The molecule has 8 heteroatoms. The van der Waals surface area contributed by atoms with Crippen LogP contribution in [0.3, 0.4) is 0 Å². The van der Waals surface area contributed by atoms with Crippen molar-refractivity contribution < 1.29 is 13.9 Å². The zero-order chi connectivity index (χ0) is 21.9. The van der Waals surface area contributed by atoms with E-state index in [0.29, 0.717) is 11.3 Å². The summed E-state index contributed by atoms with van der Waals surface area (Å²) in [6, 6.07) is 21.7. The Morgan fingerprint density at radius 1 is 1.06 bits per heavy atom. The van der Waals surface area contributed by atoms with E-state index in [2.05, 4.69) is 10.2 Å². The Morgan fingerprint density at radius 2 is 1.88 bits per heavy atom. The Labute approximate surface area is 192 Å². The van der Waals surface area contributed by atoms with Crippen LogP contribution in [0.5, 0.6) is 0 Å². The van der Waals surface area contributed by atoms with E-state index < -0.39 is 5.97 Å². The van der Waals surface area contributed by atoms with Gasteiger partial charge in [0, 0.05) is 22.4 Å². The minimum atomic E-state index is -0.455. The molecule has 0 aliphatic carbocycles. The number of hydrogen-bond acceptors (Lipinski definition) is 7. The number of thiophene rings is 1. The normalized spacial score (nSPS) is 11.2. The Balaban J connectivity index is 1.54. The van der Waals surface area contributed by atoms with Crippen LogP contribution in [0.4, 0.5) is 0 Å². The first kappa shape index (κ1) is 20.5. The molecule has 6 nitrogen and oxygen atoms in total. The van der Waals surface area contributed by atoms with E-state index in [9.17, 15) is 4.79 Å². The van der Waals surface area contributed by atoms with Crippen LogP contribution < -0.4 is 0 Å². The predicted molar refractivity (Wildman–Crippen MR) is 126 cm³/mol. The van der Waals surface area contributed by atoms with Gasteiger partial charge in [-0.05, 0) is 36.6 Å². The highest BCUT2D eigenvalue weighted by Gasteiger charge is 2.23. The van der Waals surface area contributed by atoms with Crippen molar-refractivity contribution in [2.75, 3.05) is 6.61 Å². The molecule has 32 heavy (non-hydrogen) atoms. The van der Waals surface area contributed by atoms with E-state index in [4.69, 9.17) is 9.15 Å². The molecular formula is C24H19N3O3S2. The van der Waals surface area contributed by atoms with E-state index in [1.54, 1.807) is 18.3 Å². The van der Waals surface area contributed by atoms with Crippen molar-refractivity contribution in [1.82, 2.24) is 14.8 Å². The van der Waals surface area contributed by atoms with Crippen LogP contribution in [0.1, 0.15) is 23.0 Å². The molecule has 3 aromatic heterocycles. The summed E-state index contributed by atoms with van der Waals surface area (Å²) in [6.07, 6.45) is 0. The van der Waals surface area contributed by atoms with Crippen LogP contribution in [-0.4, -0.2) is 27.3 Å². The highest BCUT2D eigenvalue weighted by Crippen LogP contribution is 2.35. The molecule has 2 aromatic carbocycles. The van der Waals surface area contributed by atoms with Gasteiger partial charge in [-0.1, -0.05) is 54.2 Å². The van der Waals surface area contributed by atoms with Gasteiger partial charge in [-0.15, -0.1) is 21.5 Å². The zero-order valence-electron chi connectivity index (χ0n) is 17.2. The number of aromatic nitrogens is 3. The zero-order valence-corrected chi connectivity index (χ0v) is 18.9. The van der Waals surface area contributed by atoms with E-state index >= 15 is 0 Å². The number of esters is 1. The summed E-state index contributed by atoms with van der Waals surface area (Å²) in [5.41, 5.74) is 2.44. The summed E-state index contributed by atoms with van der Waals surface area (Å²) in [5.74, 6) is 1.06. The third-order valence-corrected chi connectivity index (χ3v) is 6.72. The topological polar surface area (TPSA) is 70.2 Å². The average Bonchev–Trinajstić information content (AvgIpc) is 3.56. The number of fused-ring (bicyclic) bond motifs is 1. The Bertz CT molecular complexity index is 1360. The minimum absolute atomic E-state index is 0.241. The van der Waals surface area contributed by atoms with E-state index in [1.165, 1.54) is 11.8 Å². The highest BCUT2D eigenvalue weighted by atomic mass is 32.2. The molecule has 0 bridgehead atoms. The minimum Gasteiger partial charge on any atom is -0.460 e. The lowest BCUT2D eigenvalue weighted by Gasteiger charge is -2.09. The lowest BCUT2D eigenvalue weighted by Crippen LogP contribution is -2.06. The summed E-state index contributed by atoms with van der Waals surface area (Å²) in [4.78, 5) is 13.6. The molecule has 3 heterocycles. The number of carbonyl (C=O) groups excluding carboxylic acids is 1. The third kappa shape index (κ3) is 3.83. The Kier molecular flexibility index (Phi) is 5.79. The van der Waals surface area contributed by atoms with Crippen LogP contribution in [0.25, 0.3) is 27.4 Å². The summed E-state index contributed by atoms with van der Waals surface area (Å²) >= 11 is 3.13.